The number of hydrogen-bond acceptors (Lipinski definition) is 2. The Morgan fingerprint density at radius 1 is 1.53 bits per heavy atom. The van der Waals surface area contributed by atoms with Crippen molar-refractivity contribution in [2.45, 2.75) is 46.1 Å². The van der Waals surface area contributed by atoms with Crippen molar-refractivity contribution in [3.05, 3.63) is 12.2 Å². The van der Waals surface area contributed by atoms with Crippen molar-refractivity contribution in [2.75, 3.05) is 19.7 Å². The molecule has 1 saturated heterocycles. The lowest BCUT2D eigenvalue weighted by Crippen LogP contribution is -2.43. The second-order valence-corrected chi connectivity index (χ2v) is 5.10. The molecule has 98 valence electrons. The van der Waals surface area contributed by atoms with Gasteiger partial charge in [0.25, 0.3) is 0 Å². The summed E-state index contributed by atoms with van der Waals surface area (Å²) in [7, 11) is 0. The molecule has 1 fully saturated rings. The van der Waals surface area contributed by atoms with Gasteiger partial charge >= 0.3 is 0 Å². The highest BCUT2D eigenvalue weighted by Crippen LogP contribution is 2.15. The number of piperidine rings is 1. The number of ether oxygens (including phenoxy) is 1. The maximum Gasteiger partial charge on any atom is 0.222 e. The molecule has 0 saturated carbocycles. The lowest BCUT2D eigenvalue weighted by atomic mass is 10.1. The first-order valence-corrected chi connectivity index (χ1v) is 6.64. The molecule has 0 aromatic heterocycles. The van der Waals surface area contributed by atoms with Gasteiger partial charge in [-0.25, -0.2) is 0 Å². The summed E-state index contributed by atoms with van der Waals surface area (Å²) in [6, 6.07) is 0. The van der Waals surface area contributed by atoms with Gasteiger partial charge < -0.3 is 9.64 Å². The second-order valence-electron chi connectivity index (χ2n) is 5.10. The van der Waals surface area contributed by atoms with Crippen molar-refractivity contribution in [3.8, 4) is 0 Å². The Morgan fingerprint density at radius 3 is 2.94 bits per heavy atom. The van der Waals surface area contributed by atoms with Crippen LogP contribution in [0.3, 0.4) is 0 Å². The quantitative estimate of drug-likeness (QED) is 0.690. The van der Waals surface area contributed by atoms with E-state index in [1.54, 1.807) is 0 Å². The first kappa shape index (κ1) is 14.2. The average molecular weight is 239 g/mol. The Hall–Kier alpha value is -0.830. The molecular weight excluding hydrogens is 214 g/mol. The molecule has 0 N–H and O–H groups in total. The Morgan fingerprint density at radius 2 is 2.29 bits per heavy atom. The van der Waals surface area contributed by atoms with Crippen LogP contribution in [-0.2, 0) is 9.53 Å². The summed E-state index contributed by atoms with van der Waals surface area (Å²) in [5, 5.41) is 0. The predicted octanol–water partition coefficient (Wildman–Crippen LogP) is 2.62. The van der Waals surface area contributed by atoms with Crippen molar-refractivity contribution in [2.24, 2.45) is 5.92 Å². The van der Waals surface area contributed by atoms with Gasteiger partial charge in [-0.2, -0.15) is 0 Å². The minimum atomic E-state index is 0.219. The monoisotopic (exact) mass is 239 g/mol. The van der Waals surface area contributed by atoms with Crippen LogP contribution in [0.15, 0.2) is 12.2 Å². The summed E-state index contributed by atoms with van der Waals surface area (Å²) in [5.41, 5.74) is 0. The van der Waals surface area contributed by atoms with Crippen LogP contribution in [-0.4, -0.2) is 36.6 Å². The van der Waals surface area contributed by atoms with E-state index < -0.39 is 0 Å². The van der Waals surface area contributed by atoms with Crippen molar-refractivity contribution < 1.29 is 9.53 Å². The average Bonchev–Trinajstić information content (AvgIpc) is 2.29. The fourth-order valence-corrected chi connectivity index (χ4v) is 2.07. The first-order valence-electron chi connectivity index (χ1n) is 6.64. The Kier molecular flexibility index (Phi) is 6.27. The third kappa shape index (κ3) is 5.35. The molecule has 1 amide bonds. The van der Waals surface area contributed by atoms with E-state index in [-0.39, 0.29) is 12.0 Å². The molecule has 0 aliphatic carbocycles. The highest BCUT2D eigenvalue weighted by atomic mass is 16.5. The third-order valence-electron chi connectivity index (χ3n) is 2.98. The lowest BCUT2D eigenvalue weighted by molar-refractivity contribution is -0.135. The maximum atomic E-state index is 11.9. The van der Waals surface area contributed by atoms with Gasteiger partial charge in [0.15, 0.2) is 0 Å². The van der Waals surface area contributed by atoms with Crippen LogP contribution in [0.2, 0.25) is 0 Å². The van der Waals surface area contributed by atoms with Gasteiger partial charge in [0.1, 0.15) is 0 Å². The summed E-state index contributed by atoms with van der Waals surface area (Å²) in [4.78, 5) is 13.9. The summed E-state index contributed by atoms with van der Waals surface area (Å²) >= 11 is 0. The second kappa shape index (κ2) is 7.49. The molecule has 3 heteroatoms. The molecule has 17 heavy (non-hydrogen) atoms. The molecule has 0 spiro atoms. The number of hydrogen-bond donors (Lipinski definition) is 0. The van der Waals surface area contributed by atoms with E-state index in [2.05, 4.69) is 13.8 Å². The Bertz CT molecular complexity index is 261. The summed E-state index contributed by atoms with van der Waals surface area (Å²) in [6.45, 7) is 8.48. The summed E-state index contributed by atoms with van der Waals surface area (Å²) < 4.78 is 5.73. The van der Waals surface area contributed by atoms with Gasteiger partial charge in [-0.05, 0) is 25.7 Å². The zero-order chi connectivity index (χ0) is 12.7. The molecule has 1 heterocycles. The van der Waals surface area contributed by atoms with Gasteiger partial charge in [-0.1, -0.05) is 26.0 Å². The van der Waals surface area contributed by atoms with Crippen LogP contribution in [0.5, 0.6) is 0 Å². The standard InChI is InChI=1S/C14H25NO2/c1-4-5-9-17-13-7-6-8-15(11-13)14(16)10-12(2)3/h4-5,12-13H,6-11H2,1-3H3/b5-4-. The SMILES string of the molecule is C/C=C\COC1CCCN(C(=O)CC(C)C)C1. The smallest absolute Gasteiger partial charge is 0.222 e. The fourth-order valence-electron chi connectivity index (χ4n) is 2.07. The van der Waals surface area contributed by atoms with Gasteiger partial charge in [0, 0.05) is 19.5 Å². The van der Waals surface area contributed by atoms with Crippen LogP contribution in [0.1, 0.15) is 40.0 Å². The van der Waals surface area contributed by atoms with E-state index in [4.69, 9.17) is 4.74 Å². The number of amides is 1. The number of nitrogens with zero attached hydrogens (tertiary/aromatic N) is 1. The first-order chi connectivity index (χ1) is 8.13. The Labute approximate surface area is 105 Å². The lowest BCUT2D eigenvalue weighted by Gasteiger charge is -2.33. The van der Waals surface area contributed by atoms with E-state index in [9.17, 15) is 4.79 Å². The molecular formula is C14H25NO2. The van der Waals surface area contributed by atoms with Gasteiger partial charge in [0.2, 0.25) is 5.91 Å². The molecule has 0 bridgehead atoms. The Balaban J connectivity index is 2.35. The van der Waals surface area contributed by atoms with Crippen LogP contribution in [0.25, 0.3) is 0 Å². The zero-order valence-electron chi connectivity index (χ0n) is 11.3. The van der Waals surface area contributed by atoms with E-state index in [1.165, 1.54) is 0 Å². The molecule has 1 aliphatic heterocycles. The maximum absolute atomic E-state index is 11.9. The van der Waals surface area contributed by atoms with Crippen molar-refractivity contribution >= 4 is 5.91 Å². The minimum Gasteiger partial charge on any atom is -0.372 e. The highest BCUT2D eigenvalue weighted by molar-refractivity contribution is 5.76. The molecule has 1 rings (SSSR count). The number of carbonyl (C=O) groups excluding carboxylic acids is 1. The predicted molar refractivity (Wildman–Crippen MR) is 69.8 cm³/mol. The molecule has 3 nitrogen and oxygen atoms in total. The molecule has 0 aromatic rings. The van der Waals surface area contributed by atoms with Crippen LogP contribution in [0, 0.1) is 5.92 Å². The van der Waals surface area contributed by atoms with Crippen molar-refractivity contribution in [1.29, 1.82) is 0 Å². The van der Waals surface area contributed by atoms with Crippen molar-refractivity contribution in [1.82, 2.24) is 4.90 Å². The van der Waals surface area contributed by atoms with Gasteiger partial charge in [-0.15, -0.1) is 0 Å². The van der Waals surface area contributed by atoms with Crippen LogP contribution < -0.4 is 0 Å². The molecule has 0 aromatic carbocycles. The van der Waals surface area contributed by atoms with Gasteiger partial charge in [0.05, 0.1) is 12.7 Å². The topological polar surface area (TPSA) is 29.5 Å². The number of likely N-dealkylation sites (tertiary alicyclic amines) is 1. The largest absolute Gasteiger partial charge is 0.372 e. The van der Waals surface area contributed by atoms with Crippen LogP contribution in [0.4, 0.5) is 0 Å². The number of allylic oxidation sites excluding steroid dienone is 1. The summed E-state index contributed by atoms with van der Waals surface area (Å²) in [6.07, 6.45) is 7.00. The highest BCUT2D eigenvalue weighted by Gasteiger charge is 2.23. The number of carbonyl (C=O) groups is 1. The minimum absolute atomic E-state index is 0.219. The van der Waals surface area contributed by atoms with E-state index in [1.807, 2.05) is 24.0 Å². The molecule has 1 unspecified atom stereocenters. The van der Waals surface area contributed by atoms with E-state index in [0.717, 1.165) is 25.9 Å². The fraction of sp³-hybridized carbons (Fsp3) is 0.786. The van der Waals surface area contributed by atoms with E-state index in [0.29, 0.717) is 18.9 Å². The molecule has 0 radical (unpaired) electrons. The molecule has 1 aliphatic rings. The third-order valence-corrected chi connectivity index (χ3v) is 2.98. The van der Waals surface area contributed by atoms with E-state index >= 15 is 0 Å². The van der Waals surface area contributed by atoms with Gasteiger partial charge in [-0.3, -0.25) is 4.79 Å². The van der Waals surface area contributed by atoms with Crippen LogP contribution >= 0.6 is 0 Å². The normalized spacial score (nSPS) is 21.4. The van der Waals surface area contributed by atoms with Crippen molar-refractivity contribution in [3.63, 3.8) is 0 Å². The molecule has 1 atom stereocenters. The zero-order valence-corrected chi connectivity index (χ0v) is 11.3. The number of rotatable bonds is 5. The summed E-state index contributed by atoms with van der Waals surface area (Å²) in [5.74, 6) is 0.714.